The van der Waals surface area contributed by atoms with Gasteiger partial charge in [-0.05, 0) is 50.2 Å². The third kappa shape index (κ3) is 7.35. The quantitative estimate of drug-likeness (QED) is 0.407. The van der Waals surface area contributed by atoms with Crippen molar-refractivity contribution in [1.82, 2.24) is 0 Å². The second-order valence-corrected chi connectivity index (χ2v) is 5.23. The molecule has 1 rings (SSSR count). The van der Waals surface area contributed by atoms with Gasteiger partial charge in [-0.1, -0.05) is 43.8 Å². The summed E-state index contributed by atoms with van der Waals surface area (Å²) in [6, 6.07) is 0. The lowest BCUT2D eigenvalue weighted by Gasteiger charge is -1.91. The van der Waals surface area contributed by atoms with Crippen LogP contribution in [0.25, 0.3) is 0 Å². The van der Waals surface area contributed by atoms with Gasteiger partial charge in [0.15, 0.2) is 0 Å². The Morgan fingerprint density at radius 2 is 2.17 bits per heavy atom. The average Bonchev–Trinajstić information content (AvgIpc) is 3.07. The van der Waals surface area contributed by atoms with E-state index in [-0.39, 0.29) is 6.10 Å². The summed E-state index contributed by atoms with van der Waals surface area (Å²) < 4.78 is 0. The van der Waals surface area contributed by atoms with Crippen LogP contribution in [-0.4, -0.2) is 11.2 Å². The van der Waals surface area contributed by atoms with E-state index in [0.29, 0.717) is 0 Å². The molecule has 1 nitrogen and oxygen atoms in total. The summed E-state index contributed by atoms with van der Waals surface area (Å²) in [7, 11) is 0. The summed E-state index contributed by atoms with van der Waals surface area (Å²) in [5.41, 5.74) is 0. The van der Waals surface area contributed by atoms with Crippen molar-refractivity contribution < 1.29 is 5.11 Å². The highest BCUT2D eigenvalue weighted by atomic mass is 16.3. The van der Waals surface area contributed by atoms with E-state index in [1.165, 1.54) is 32.1 Å². The molecule has 0 heterocycles. The first-order valence-corrected chi connectivity index (χ1v) is 7.22. The van der Waals surface area contributed by atoms with Gasteiger partial charge in [-0.2, -0.15) is 0 Å². The van der Waals surface area contributed by atoms with Crippen LogP contribution in [0.5, 0.6) is 0 Å². The summed E-state index contributed by atoms with van der Waals surface area (Å²) in [4.78, 5) is 0. The van der Waals surface area contributed by atoms with E-state index in [9.17, 15) is 0 Å². The Kier molecular flexibility index (Phi) is 7.53. The average molecular weight is 246 g/mol. The van der Waals surface area contributed by atoms with Crippen LogP contribution in [0.2, 0.25) is 0 Å². The zero-order chi connectivity index (χ0) is 13.2. The van der Waals surface area contributed by atoms with Gasteiger partial charge in [0.1, 0.15) is 0 Å². The molecule has 0 unspecified atom stereocenters. The van der Waals surface area contributed by atoms with E-state index in [0.717, 1.165) is 18.3 Å². The Labute approximate surface area is 112 Å². The minimum absolute atomic E-state index is 0.388. The van der Waals surface area contributed by atoms with E-state index < -0.39 is 0 Å². The SMILES string of the molecule is CCCC/C=C\C[C@@H]1C[C@@H]1CC#C/C=C/[C@@H](C)O. The lowest BCUT2D eigenvalue weighted by molar-refractivity contribution is 0.244. The number of hydrogen-bond donors (Lipinski definition) is 1. The van der Waals surface area contributed by atoms with Crippen molar-refractivity contribution in [2.45, 2.75) is 58.5 Å². The Morgan fingerprint density at radius 3 is 2.89 bits per heavy atom. The fourth-order valence-corrected chi connectivity index (χ4v) is 2.00. The van der Waals surface area contributed by atoms with Crippen LogP contribution in [0, 0.1) is 23.7 Å². The van der Waals surface area contributed by atoms with Gasteiger partial charge >= 0.3 is 0 Å². The summed E-state index contributed by atoms with van der Waals surface area (Å²) in [6.07, 6.45) is 15.2. The standard InChI is InChI=1S/C17H26O/c1-3-4-5-6-9-12-16-14-17(16)13-10-7-8-11-15(2)18/h6,8-9,11,15-18H,3-5,12-14H2,1-2H3/b9-6-,11-8+/t15-,16-,17+/m1/s1. The minimum atomic E-state index is -0.388. The van der Waals surface area contributed by atoms with Crippen molar-refractivity contribution in [1.29, 1.82) is 0 Å². The molecule has 3 atom stereocenters. The molecule has 1 aliphatic carbocycles. The molecule has 0 spiro atoms. The fourth-order valence-electron chi connectivity index (χ4n) is 2.00. The molecular weight excluding hydrogens is 220 g/mol. The smallest absolute Gasteiger partial charge is 0.0701 e. The van der Waals surface area contributed by atoms with Gasteiger partial charge in [0, 0.05) is 6.42 Å². The highest BCUT2D eigenvalue weighted by Crippen LogP contribution is 2.43. The maximum atomic E-state index is 9.01. The van der Waals surface area contributed by atoms with Crippen LogP contribution in [-0.2, 0) is 0 Å². The monoisotopic (exact) mass is 246 g/mol. The summed E-state index contributed by atoms with van der Waals surface area (Å²) >= 11 is 0. The molecule has 0 aromatic rings. The van der Waals surface area contributed by atoms with Crippen molar-refractivity contribution in [3.63, 3.8) is 0 Å². The van der Waals surface area contributed by atoms with Crippen molar-refractivity contribution in [2.75, 3.05) is 0 Å². The van der Waals surface area contributed by atoms with Gasteiger partial charge in [0.2, 0.25) is 0 Å². The zero-order valence-corrected chi connectivity index (χ0v) is 11.7. The topological polar surface area (TPSA) is 20.2 Å². The molecule has 0 bridgehead atoms. The fraction of sp³-hybridized carbons (Fsp3) is 0.647. The second-order valence-electron chi connectivity index (χ2n) is 5.23. The van der Waals surface area contributed by atoms with Gasteiger partial charge in [-0.15, -0.1) is 0 Å². The normalized spacial score (nSPS) is 24.2. The van der Waals surface area contributed by atoms with Gasteiger partial charge in [0.05, 0.1) is 6.10 Å². The van der Waals surface area contributed by atoms with Gasteiger partial charge < -0.3 is 5.11 Å². The Balaban J connectivity index is 2.05. The van der Waals surface area contributed by atoms with E-state index in [1.54, 1.807) is 19.1 Å². The highest BCUT2D eigenvalue weighted by molar-refractivity contribution is 5.17. The number of allylic oxidation sites excluding steroid dienone is 3. The molecule has 0 amide bonds. The molecule has 0 saturated heterocycles. The molecule has 1 saturated carbocycles. The van der Waals surface area contributed by atoms with Crippen LogP contribution < -0.4 is 0 Å². The second kappa shape index (κ2) is 9.00. The maximum Gasteiger partial charge on any atom is 0.0701 e. The molecule has 100 valence electrons. The van der Waals surface area contributed by atoms with Crippen LogP contribution in [0.4, 0.5) is 0 Å². The lowest BCUT2D eigenvalue weighted by atomic mass is 10.1. The number of hydrogen-bond acceptors (Lipinski definition) is 1. The Hall–Kier alpha value is -1.00. The first-order chi connectivity index (χ1) is 8.74. The number of rotatable bonds is 7. The molecule has 1 N–H and O–H groups in total. The van der Waals surface area contributed by atoms with E-state index >= 15 is 0 Å². The number of unbranched alkanes of at least 4 members (excludes halogenated alkanes) is 2. The third-order valence-electron chi connectivity index (χ3n) is 3.32. The van der Waals surface area contributed by atoms with Gasteiger partial charge in [0.25, 0.3) is 0 Å². The summed E-state index contributed by atoms with van der Waals surface area (Å²) in [5.74, 6) is 7.84. The van der Waals surface area contributed by atoms with Gasteiger partial charge in [-0.25, -0.2) is 0 Å². The van der Waals surface area contributed by atoms with Crippen molar-refractivity contribution in [3.05, 3.63) is 24.3 Å². The predicted molar refractivity (Wildman–Crippen MR) is 78.1 cm³/mol. The van der Waals surface area contributed by atoms with Crippen molar-refractivity contribution in [2.24, 2.45) is 11.8 Å². The third-order valence-corrected chi connectivity index (χ3v) is 3.32. The maximum absolute atomic E-state index is 9.01. The molecule has 18 heavy (non-hydrogen) atoms. The van der Waals surface area contributed by atoms with Crippen molar-refractivity contribution >= 4 is 0 Å². The first kappa shape index (κ1) is 15.1. The van der Waals surface area contributed by atoms with E-state index in [1.807, 2.05) is 0 Å². The summed E-state index contributed by atoms with van der Waals surface area (Å²) in [5, 5.41) is 9.01. The zero-order valence-electron chi connectivity index (χ0n) is 11.7. The Morgan fingerprint density at radius 1 is 1.33 bits per heavy atom. The van der Waals surface area contributed by atoms with Crippen molar-refractivity contribution in [3.8, 4) is 11.8 Å². The number of aliphatic hydroxyl groups excluding tert-OH is 1. The molecular formula is C17H26O. The molecule has 1 heteroatoms. The largest absolute Gasteiger partial charge is 0.389 e. The molecule has 0 aromatic heterocycles. The predicted octanol–water partition coefficient (Wildman–Crippen LogP) is 4.09. The molecule has 1 fully saturated rings. The highest BCUT2D eigenvalue weighted by Gasteiger charge is 2.34. The van der Waals surface area contributed by atoms with E-state index in [4.69, 9.17) is 5.11 Å². The molecule has 0 aromatic carbocycles. The molecule has 0 aliphatic heterocycles. The summed E-state index contributed by atoms with van der Waals surface area (Å²) in [6.45, 7) is 3.97. The first-order valence-electron chi connectivity index (χ1n) is 7.22. The van der Waals surface area contributed by atoms with Crippen LogP contribution >= 0.6 is 0 Å². The Bertz CT molecular complexity index is 327. The van der Waals surface area contributed by atoms with Crippen LogP contribution in [0.1, 0.15) is 52.4 Å². The van der Waals surface area contributed by atoms with E-state index in [2.05, 4.69) is 30.9 Å². The van der Waals surface area contributed by atoms with Crippen LogP contribution in [0.3, 0.4) is 0 Å². The van der Waals surface area contributed by atoms with Gasteiger partial charge in [-0.3, -0.25) is 0 Å². The lowest BCUT2D eigenvalue weighted by Crippen LogP contribution is -1.90. The molecule has 0 radical (unpaired) electrons. The minimum Gasteiger partial charge on any atom is -0.389 e. The van der Waals surface area contributed by atoms with Crippen LogP contribution in [0.15, 0.2) is 24.3 Å². The number of aliphatic hydroxyl groups is 1. The molecule has 1 aliphatic rings.